The van der Waals surface area contributed by atoms with Gasteiger partial charge in [-0.1, -0.05) is 25.5 Å². The predicted molar refractivity (Wildman–Crippen MR) is 92.3 cm³/mol. The van der Waals surface area contributed by atoms with Crippen LogP contribution in [0.25, 0.3) is 0 Å². The van der Waals surface area contributed by atoms with Crippen molar-refractivity contribution in [3.63, 3.8) is 0 Å². The van der Waals surface area contributed by atoms with E-state index in [0.717, 1.165) is 25.0 Å². The molecule has 2 aromatic rings. The molecule has 5 heteroatoms. The van der Waals surface area contributed by atoms with Gasteiger partial charge in [-0.2, -0.15) is 0 Å². The summed E-state index contributed by atoms with van der Waals surface area (Å²) in [7, 11) is 1.64. The first-order chi connectivity index (χ1) is 11.7. The van der Waals surface area contributed by atoms with Crippen molar-refractivity contribution in [1.29, 1.82) is 0 Å². The summed E-state index contributed by atoms with van der Waals surface area (Å²) in [4.78, 5) is 11.9. The van der Waals surface area contributed by atoms with Crippen molar-refractivity contribution < 1.29 is 18.7 Å². The Bertz CT molecular complexity index is 619. The molecular formula is C19H25NO4. The van der Waals surface area contributed by atoms with E-state index in [-0.39, 0.29) is 5.91 Å². The second-order valence-electron chi connectivity index (χ2n) is 5.55. The minimum atomic E-state index is -0.221. The van der Waals surface area contributed by atoms with Gasteiger partial charge >= 0.3 is 0 Å². The molecule has 0 aliphatic carbocycles. The van der Waals surface area contributed by atoms with Crippen LogP contribution in [0, 0.1) is 0 Å². The van der Waals surface area contributed by atoms with Crippen molar-refractivity contribution in [3.8, 4) is 5.75 Å². The number of benzene rings is 1. The number of furan rings is 1. The smallest absolute Gasteiger partial charge is 0.286 e. The Balaban J connectivity index is 1.79. The van der Waals surface area contributed by atoms with Crippen LogP contribution >= 0.6 is 0 Å². The normalized spacial score (nSPS) is 10.6. The third-order valence-electron chi connectivity index (χ3n) is 3.54. The topological polar surface area (TPSA) is 60.7 Å². The molecule has 2 rings (SSSR count). The standard InChI is InChI=1S/C19H25NO4/c1-3-5-15-6-8-16(9-7-15)23-14-17-10-11-18(24-17)19(21)20-12-4-13-22-2/h6-11H,3-5,12-14H2,1-2H3,(H,20,21). The minimum absolute atomic E-state index is 0.221. The van der Waals surface area contributed by atoms with Gasteiger partial charge in [-0.15, -0.1) is 0 Å². The molecule has 0 saturated heterocycles. The number of aryl methyl sites for hydroxylation is 1. The molecule has 0 bridgehead atoms. The van der Waals surface area contributed by atoms with E-state index in [2.05, 4.69) is 24.4 Å². The van der Waals surface area contributed by atoms with Gasteiger partial charge in [-0.25, -0.2) is 0 Å². The van der Waals surface area contributed by atoms with Gasteiger partial charge in [0.05, 0.1) is 0 Å². The first-order valence-corrected chi connectivity index (χ1v) is 8.30. The molecule has 0 spiro atoms. The molecule has 0 fully saturated rings. The molecule has 0 aliphatic rings. The molecule has 0 atom stereocenters. The van der Waals surface area contributed by atoms with Gasteiger partial charge in [-0.05, 0) is 42.7 Å². The Labute approximate surface area is 143 Å². The second kappa shape index (κ2) is 9.78. The molecule has 130 valence electrons. The summed E-state index contributed by atoms with van der Waals surface area (Å²) in [5, 5.41) is 2.79. The lowest BCUT2D eigenvalue weighted by molar-refractivity contribution is 0.0917. The molecule has 0 saturated carbocycles. The highest BCUT2D eigenvalue weighted by Crippen LogP contribution is 2.16. The highest BCUT2D eigenvalue weighted by Gasteiger charge is 2.11. The Morgan fingerprint density at radius 2 is 1.96 bits per heavy atom. The molecule has 0 aliphatic heterocycles. The molecule has 1 amide bonds. The van der Waals surface area contributed by atoms with Crippen molar-refractivity contribution >= 4 is 5.91 Å². The lowest BCUT2D eigenvalue weighted by Gasteiger charge is -2.05. The Hall–Kier alpha value is -2.27. The summed E-state index contributed by atoms with van der Waals surface area (Å²) in [5.41, 5.74) is 1.30. The fourth-order valence-corrected chi connectivity index (χ4v) is 2.28. The largest absolute Gasteiger partial charge is 0.486 e. The van der Waals surface area contributed by atoms with Gasteiger partial charge in [0.25, 0.3) is 5.91 Å². The van der Waals surface area contributed by atoms with Crippen LogP contribution in [0.15, 0.2) is 40.8 Å². The lowest BCUT2D eigenvalue weighted by Crippen LogP contribution is -2.24. The molecule has 1 aromatic heterocycles. The second-order valence-corrected chi connectivity index (χ2v) is 5.55. The van der Waals surface area contributed by atoms with E-state index in [0.29, 0.717) is 31.3 Å². The third kappa shape index (κ3) is 5.74. The van der Waals surface area contributed by atoms with Crippen molar-refractivity contribution in [3.05, 3.63) is 53.5 Å². The zero-order valence-corrected chi connectivity index (χ0v) is 14.3. The summed E-state index contributed by atoms with van der Waals surface area (Å²) in [5.74, 6) is 1.48. The fourth-order valence-electron chi connectivity index (χ4n) is 2.28. The van der Waals surface area contributed by atoms with Crippen LogP contribution in [0.2, 0.25) is 0 Å². The van der Waals surface area contributed by atoms with E-state index in [9.17, 15) is 4.79 Å². The monoisotopic (exact) mass is 331 g/mol. The minimum Gasteiger partial charge on any atom is -0.486 e. The zero-order chi connectivity index (χ0) is 17.2. The quantitative estimate of drug-likeness (QED) is 0.676. The first-order valence-electron chi connectivity index (χ1n) is 8.30. The van der Waals surface area contributed by atoms with Gasteiger partial charge in [0.15, 0.2) is 5.76 Å². The van der Waals surface area contributed by atoms with Crippen LogP contribution in [-0.2, 0) is 17.8 Å². The van der Waals surface area contributed by atoms with Gasteiger partial charge in [0.2, 0.25) is 0 Å². The highest BCUT2D eigenvalue weighted by molar-refractivity contribution is 5.91. The number of methoxy groups -OCH3 is 1. The number of carbonyl (C=O) groups is 1. The average molecular weight is 331 g/mol. The van der Waals surface area contributed by atoms with Gasteiger partial charge in [-0.3, -0.25) is 4.79 Å². The maximum Gasteiger partial charge on any atom is 0.286 e. The summed E-state index contributed by atoms with van der Waals surface area (Å²) in [6, 6.07) is 11.5. The van der Waals surface area contributed by atoms with E-state index in [1.54, 1.807) is 19.2 Å². The third-order valence-corrected chi connectivity index (χ3v) is 3.54. The number of ether oxygens (including phenoxy) is 2. The molecule has 0 unspecified atom stereocenters. The van der Waals surface area contributed by atoms with Crippen LogP contribution in [0.3, 0.4) is 0 Å². The van der Waals surface area contributed by atoms with Gasteiger partial charge < -0.3 is 19.2 Å². The van der Waals surface area contributed by atoms with E-state index < -0.39 is 0 Å². The summed E-state index contributed by atoms with van der Waals surface area (Å²) < 4.78 is 16.1. The predicted octanol–water partition coefficient (Wildman–Crippen LogP) is 3.58. The van der Waals surface area contributed by atoms with Gasteiger partial charge in [0.1, 0.15) is 18.1 Å². The zero-order valence-electron chi connectivity index (χ0n) is 14.3. The van der Waals surface area contributed by atoms with Gasteiger partial charge in [0, 0.05) is 20.3 Å². The average Bonchev–Trinajstić information content (AvgIpc) is 3.07. The molecule has 5 nitrogen and oxygen atoms in total. The molecular weight excluding hydrogens is 306 g/mol. The summed E-state index contributed by atoms with van der Waals surface area (Å²) in [6.45, 7) is 3.63. The van der Waals surface area contributed by atoms with Crippen molar-refractivity contribution in [2.24, 2.45) is 0 Å². The molecule has 24 heavy (non-hydrogen) atoms. The number of carbonyl (C=O) groups excluding carboxylic acids is 1. The number of amides is 1. The maximum atomic E-state index is 11.9. The lowest BCUT2D eigenvalue weighted by atomic mass is 10.1. The van der Waals surface area contributed by atoms with Crippen molar-refractivity contribution in [1.82, 2.24) is 5.32 Å². The van der Waals surface area contributed by atoms with E-state index in [1.165, 1.54) is 5.56 Å². The number of nitrogens with one attached hydrogen (secondary N) is 1. The Kier molecular flexibility index (Phi) is 7.36. The van der Waals surface area contributed by atoms with Crippen LogP contribution in [0.1, 0.15) is 41.6 Å². The SMILES string of the molecule is CCCc1ccc(OCc2ccc(C(=O)NCCCOC)o2)cc1. The maximum absolute atomic E-state index is 11.9. The number of rotatable bonds is 10. The van der Waals surface area contributed by atoms with Crippen LogP contribution < -0.4 is 10.1 Å². The fraction of sp³-hybridized carbons (Fsp3) is 0.421. The highest BCUT2D eigenvalue weighted by atomic mass is 16.5. The molecule has 1 N–H and O–H groups in total. The number of hydrogen-bond acceptors (Lipinski definition) is 4. The Morgan fingerprint density at radius 3 is 2.67 bits per heavy atom. The van der Waals surface area contributed by atoms with Crippen molar-refractivity contribution in [2.75, 3.05) is 20.3 Å². The summed E-state index contributed by atoms with van der Waals surface area (Å²) in [6.07, 6.45) is 2.97. The van der Waals surface area contributed by atoms with E-state index in [4.69, 9.17) is 13.9 Å². The first kappa shape index (κ1) is 18.1. The van der Waals surface area contributed by atoms with Crippen LogP contribution in [-0.4, -0.2) is 26.2 Å². The number of hydrogen-bond donors (Lipinski definition) is 1. The molecule has 1 heterocycles. The van der Waals surface area contributed by atoms with Crippen molar-refractivity contribution in [2.45, 2.75) is 32.8 Å². The summed E-state index contributed by atoms with van der Waals surface area (Å²) >= 11 is 0. The Morgan fingerprint density at radius 1 is 1.17 bits per heavy atom. The molecule has 0 radical (unpaired) electrons. The van der Waals surface area contributed by atoms with Crippen LogP contribution in [0.5, 0.6) is 5.75 Å². The van der Waals surface area contributed by atoms with E-state index in [1.807, 2.05) is 12.1 Å². The molecule has 1 aromatic carbocycles. The van der Waals surface area contributed by atoms with Crippen LogP contribution in [0.4, 0.5) is 0 Å². The van der Waals surface area contributed by atoms with E-state index >= 15 is 0 Å².